The Kier molecular flexibility index (Phi) is 6.23. The van der Waals surface area contributed by atoms with Crippen LogP contribution in [0.2, 0.25) is 0 Å². The summed E-state index contributed by atoms with van der Waals surface area (Å²) < 4.78 is 13.6. The van der Waals surface area contributed by atoms with Gasteiger partial charge in [-0.05, 0) is 30.5 Å². The zero-order valence-corrected chi connectivity index (χ0v) is 17.7. The summed E-state index contributed by atoms with van der Waals surface area (Å²) in [6.45, 7) is 7.17. The van der Waals surface area contributed by atoms with Crippen LogP contribution < -0.4 is 10.3 Å². The van der Waals surface area contributed by atoms with Crippen molar-refractivity contribution in [1.29, 1.82) is 0 Å². The summed E-state index contributed by atoms with van der Waals surface area (Å²) >= 11 is 0. The lowest BCUT2D eigenvalue weighted by atomic mass is 9.83. The van der Waals surface area contributed by atoms with E-state index in [1.54, 1.807) is 6.07 Å². The topological polar surface area (TPSA) is 60.8 Å². The van der Waals surface area contributed by atoms with Gasteiger partial charge >= 0.3 is 5.97 Å². The van der Waals surface area contributed by atoms with Gasteiger partial charge in [0, 0.05) is 43.9 Å². The van der Waals surface area contributed by atoms with Gasteiger partial charge in [0.1, 0.15) is 18.5 Å². The van der Waals surface area contributed by atoms with Gasteiger partial charge in [-0.2, -0.15) is 0 Å². The highest BCUT2D eigenvalue weighted by molar-refractivity contribution is 5.71. The van der Waals surface area contributed by atoms with Crippen molar-refractivity contribution >= 4 is 5.97 Å². The SMILES string of the molecule is CC(C)C(=O)O[C@H](COc1ccccc1)CN1C[C@@H]2C[C@H](C1)c1cccc(=O)n1C2. The first-order chi connectivity index (χ1) is 14.5. The maximum atomic E-state index is 12.3. The van der Waals surface area contributed by atoms with Crippen LogP contribution >= 0.6 is 0 Å². The van der Waals surface area contributed by atoms with Crippen molar-refractivity contribution in [3.05, 3.63) is 64.6 Å². The highest BCUT2D eigenvalue weighted by Crippen LogP contribution is 2.35. The van der Waals surface area contributed by atoms with Gasteiger partial charge in [0.25, 0.3) is 5.56 Å². The third-order valence-electron chi connectivity index (χ3n) is 5.95. The maximum absolute atomic E-state index is 12.3. The van der Waals surface area contributed by atoms with Crippen molar-refractivity contribution in [2.45, 2.75) is 38.8 Å². The maximum Gasteiger partial charge on any atom is 0.308 e. The lowest BCUT2D eigenvalue weighted by Crippen LogP contribution is -2.50. The number of para-hydroxylation sites is 1. The van der Waals surface area contributed by atoms with Crippen LogP contribution in [0.5, 0.6) is 5.75 Å². The molecule has 30 heavy (non-hydrogen) atoms. The number of ether oxygens (including phenoxy) is 2. The molecule has 160 valence electrons. The number of benzene rings is 1. The minimum atomic E-state index is -0.336. The van der Waals surface area contributed by atoms with Crippen LogP contribution in [0, 0.1) is 11.8 Å². The molecule has 4 rings (SSSR count). The van der Waals surface area contributed by atoms with Crippen LogP contribution in [0.1, 0.15) is 31.9 Å². The molecule has 2 bridgehead atoms. The Morgan fingerprint density at radius 3 is 2.63 bits per heavy atom. The van der Waals surface area contributed by atoms with Crippen LogP contribution in [0.4, 0.5) is 0 Å². The van der Waals surface area contributed by atoms with Crippen molar-refractivity contribution in [2.24, 2.45) is 11.8 Å². The Morgan fingerprint density at radius 1 is 1.07 bits per heavy atom. The monoisotopic (exact) mass is 410 g/mol. The second kappa shape index (κ2) is 9.04. The van der Waals surface area contributed by atoms with Crippen LogP contribution in [-0.4, -0.2) is 47.8 Å². The molecule has 0 saturated carbocycles. The Hall–Kier alpha value is -2.60. The summed E-state index contributed by atoms with van der Waals surface area (Å²) in [7, 11) is 0. The summed E-state index contributed by atoms with van der Waals surface area (Å²) in [4.78, 5) is 26.9. The number of carbonyl (C=O) groups excluding carboxylic acids is 1. The van der Waals surface area contributed by atoms with E-state index in [2.05, 4.69) is 11.0 Å². The molecule has 0 spiro atoms. The summed E-state index contributed by atoms with van der Waals surface area (Å²) in [5.41, 5.74) is 1.22. The van der Waals surface area contributed by atoms with Gasteiger partial charge in [-0.15, -0.1) is 0 Å². The molecule has 1 fully saturated rings. The fraction of sp³-hybridized carbons (Fsp3) is 0.500. The number of hydrogen-bond acceptors (Lipinski definition) is 5. The fourth-order valence-electron chi connectivity index (χ4n) is 4.56. The number of rotatable bonds is 7. The van der Waals surface area contributed by atoms with E-state index in [0.717, 1.165) is 37.5 Å². The van der Waals surface area contributed by atoms with Crippen LogP contribution in [0.3, 0.4) is 0 Å². The van der Waals surface area contributed by atoms with E-state index in [1.165, 1.54) is 0 Å². The number of pyridine rings is 1. The zero-order valence-electron chi connectivity index (χ0n) is 17.7. The lowest BCUT2D eigenvalue weighted by molar-refractivity contribution is -0.155. The molecule has 0 N–H and O–H groups in total. The standard InChI is InChI=1S/C24H30N2O4/c1-17(2)24(28)30-21(16-29-20-7-4-3-5-8-20)15-25-12-18-11-19(14-25)22-9-6-10-23(27)26(22)13-18/h3-10,17-19,21H,11-16H2,1-2H3/t18-,19+,21-/m0/s1. The first-order valence-electron chi connectivity index (χ1n) is 10.8. The second-order valence-electron chi connectivity index (χ2n) is 8.75. The smallest absolute Gasteiger partial charge is 0.308 e. The molecule has 0 unspecified atom stereocenters. The van der Waals surface area contributed by atoms with Crippen molar-refractivity contribution < 1.29 is 14.3 Å². The molecule has 3 heterocycles. The predicted octanol–water partition coefficient (Wildman–Crippen LogP) is 2.91. The van der Waals surface area contributed by atoms with Gasteiger partial charge in [0.15, 0.2) is 0 Å². The number of aromatic nitrogens is 1. The average molecular weight is 411 g/mol. The fourth-order valence-corrected chi connectivity index (χ4v) is 4.56. The van der Waals surface area contributed by atoms with E-state index in [1.807, 2.05) is 54.8 Å². The van der Waals surface area contributed by atoms with Gasteiger partial charge in [-0.3, -0.25) is 14.5 Å². The molecule has 0 aliphatic carbocycles. The first-order valence-corrected chi connectivity index (χ1v) is 10.8. The normalized spacial score (nSPS) is 21.7. The average Bonchev–Trinajstić information content (AvgIpc) is 2.73. The minimum Gasteiger partial charge on any atom is -0.490 e. The molecule has 1 aromatic carbocycles. The molecule has 0 radical (unpaired) electrons. The molecule has 3 atom stereocenters. The van der Waals surface area contributed by atoms with Gasteiger partial charge in [0.2, 0.25) is 0 Å². The summed E-state index contributed by atoms with van der Waals surface area (Å²) in [5.74, 6) is 1.16. The number of piperidine rings is 1. The first kappa shape index (κ1) is 20.7. The molecule has 2 aromatic rings. The van der Waals surface area contributed by atoms with Gasteiger partial charge < -0.3 is 14.0 Å². The number of carbonyl (C=O) groups is 1. The highest BCUT2D eigenvalue weighted by atomic mass is 16.6. The van der Waals surface area contributed by atoms with Gasteiger partial charge in [0.05, 0.1) is 5.92 Å². The summed E-state index contributed by atoms with van der Waals surface area (Å²) in [6, 6.07) is 15.2. The number of fused-ring (bicyclic) bond motifs is 4. The van der Waals surface area contributed by atoms with E-state index in [9.17, 15) is 9.59 Å². The summed E-state index contributed by atoms with van der Waals surface area (Å²) in [5, 5.41) is 0. The zero-order chi connectivity index (χ0) is 21.1. The van der Waals surface area contributed by atoms with Crippen LogP contribution in [0.25, 0.3) is 0 Å². The van der Waals surface area contributed by atoms with Gasteiger partial charge in [-0.1, -0.05) is 38.1 Å². The Morgan fingerprint density at radius 2 is 1.87 bits per heavy atom. The molecular weight excluding hydrogens is 380 g/mol. The molecule has 0 amide bonds. The van der Waals surface area contributed by atoms with Crippen LogP contribution in [-0.2, 0) is 16.1 Å². The molecule has 6 nitrogen and oxygen atoms in total. The number of nitrogens with zero attached hydrogens (tertiary/aromatic N) is 2. The largest absolute Gasteiger partial charge is 0.490 e. The van der Waals surface area contributed by atoms with Crippen molar-refractivity contribution in [3.63, 3.8) is 0 Å². The minimum absolute atomic E-state index is 0.0932. The van der Waals surface area contributed by atoms with Crippen molar-refractivity contribution in [3.8, 4) is 5.75 Å². The Labute approximate surface area is 177 Å². The van der Waals surface area contributed by atoms with Gasteiger partial charge in [-0.25, -0.2) is 0 Å². The Bertz CT molecular complexity index is 924. The molecule has 6 heteroatoms. The lowest BCUT2D eigenvalue weighted by Gasteiger charge is -2.43. The third kappa shape index (κ3) is 4.75. The molecule has 1 aromatic heterocycles. The summed E-state index contributed by atoms with van der Waals surface area (Å²) in [6.07, 6.45) is 0.772. The van der Waals surface area contributed by atoms with E-state index in [-0.39, 0.29) is 23.6 Å². The van der Waals surface area contributed by atoms with E-state index in [0.29, 0.717) is 25.0 Å². The highest BCUT2D eigenvalue weighted by Gasteiger charge is 2.35. The predicted molar refractivity (Wildman–Crippen MR) is 115 cm³/mol. The Balaban J connectivity index is 1.44. The number of esters is 1. The van der Waals surface area contributed by atoms with Crippen molar-refractivity contribution in [1.82, 2.24) is 9.47 Å². The second-order valence-corrected chi connectivity index (χ2v) is 8.75. The molecular formula is C24H30N2O4. The molecule has 2 aliphatic rings. The van der Waals surface area contributed by atoms with Crippen LogP contribution in [0.15, 0.2) is 53.3 Å². The third-order valence-corrected chi connectivity index (χ3v) is 5.95. The quantitative estimate of drug-likeness (QED) is 0.657. The van der Waals surface area contributed by atoms with E-state index < -0.39 is 0 Å². The number of hydrogen-bond donors (Lipinski definition) is 0. The molecule has 2 aliphatic heterocycles. The number of likely N-dealkylation sites (tertiary alicyclic amines) is 1. The van der Waals surface area contributed by atoms with E-state index in [4.69, 9.17) is 9.47 Å². The molecule has 1 saturated heterocycles. The van der Waals surface area contributed by atoms with E-state index >= 15 is 0 Å². The van der Waals surface area contributed by atoms with Crippen molar-refractivity contribution in [2.75, 3.05) is 26.2 Å².